The number of imidazole rings is 1. The van der Waals surface area contributed by atoms with Gasteiger partial charge in [-0.3, -0.25) is 9.56 Å². The van der Waals surface area contributed by atoms with Gasteiger partial charge in [0.25, 0.3) is 0 Å². The van der Waals surface area contributed by atoms with Crippen LogP contribution in [0.25, 0.3) is 16.7 Å². The van der Waals surface area contributed by atoms with Crippen LogP contribution in [-0.2, 0) is 6.54 Å². The summed E-state index contributed by atoms with van der Waals surface area (Å²) in [5, 5.41) is 0. The van der Waals surface area contributed by atoms with Gasteiger partial charge in [-0.05, 0) is 11.6 Å². The number of aromatic nitrogens is 4. The lowest BCUT2D eigenvalue weighted by molar-refractivity contribution is 0.776. The van der Waals surface area contributed by atoms with Crippen LogP contribution in [0.15, 0.2) is 46.2 Å². The van der Waals surface area contributed by atoms with Gasteiger partial charge in [0.05, 0.1) is 13.1 Å². The van der Waals surface area contributed by atoms with Crippen molar-refractivity contribution >= 4 is 28.8 Å². The summed E-state index contributed by atoms with van der Waals surface area (Å²) < 4.78 is 1.57. The van der Waals surface area contributed by atoms with E-state index in [-0.39, 0.29) is 11.5 Å². The molecule has 0 amide bonds. The van der Waals surface area contributed by atoms with Gasteiger partial charge in [-0.25, -0.2) is 14.8 Å². The molecule has 23 heavy (non-hydrogen) atoms. The number of H-pyrrole nitrogens is 1. The van der Waals surface area contributed by atoms with Gasteiger partial charge < -0.3 is 10.7 Å². The lowest BCUT2D eigenvalue weighted by Crippen LogP contribution is -2.17. The number of fused-ring (bicyclic) bond motifs is 1. The van der Waals surface area contributed by atoms with Gasteiger partial charge in [0.1, 0.15) is 5.52 Å². The van der Waals surface area contributed by atoms with Crippen molar-refractivity contribution < 1.29 is 0 Å². The maximum absolute atomic E-state index is 12.3. The molecular weight excluding hydrogens is 292 g/mol. The predicted octanol–water partition coefficient (Wildman–Crippen LogP) is 1.22. The highest BCUT2D eigenvalue weighted by Gasteiger charge is 2.16. The standard InChI is InChI=1S/C16H14N6O/c17-13-12-15(21-14(20-13)11-6-7-18-8-11)22(16(23)19-12)9-10-4-2-1-3-5-10/h1-7H,8-9H2,(H,19,23)(H2,17,20,21). The van der Waals surface area contributed by atoms with Crippen molar-refractivity contribution in [2.24, 2.45) is 4.99 Å². The number of aromatic amines is 1. The van der Waals surface area contributed by atoms with Gasteiger partial charge in [0.2, 0.25) is 0 Å². The van der Waals surface area contributed by atoms with Crippen LogP contribution in [0.4, 0.5) is 5.82 Å². The molecule has 7 heteroatoms. The van der Waals surface area contributed by atoms with Crippen LogP contribution in [0.2, 0.25) is 0 Å². The van der Waals surface area contributed by atoms with E-state index in [1.165, 1.54) is 0 Å². The first-order valence-electron chi connectivity index (χ1n) is 7.21. The number of anilines is 1. The Morgan fingerprint density at radius 1 is 1.22 bits per heavy atom. The molecule has 0 spiro atoms. The Morgan fingerprint density at radius 3 is 2.78 bits per heavy atom. The quantitative estimate of drug-likeness (QED) is 0.759. The van der Waals surface area contributed by atoms with Crippen molar-refractivity contribution in [2.75, 3.05) is 12.3 Å². The summed E-state index contributed by atoms with van der Waals surface area (Å²) in [5.41, 5.74) is 8.62. The zero-order valence-electron chi connectivity index (χ0n) is 12.2. The highest BCUT2D eigenvalue weighted by atomic mass is 16.1. The van der Waals surface area contributed by atoms with Crippen molar-refractivity contribution in [2.45, 2.75) is 6.54 Å². The van der Waals surface area contributed by atoms with E-state index in [2.05, 4.69) is 19.9 Å². The van der Waals surface area contributed by atoms with Crippen molar-refractivity contribution in [1.82, 2.24) is 19.5 Å². The van der Waals surface area contributed by atoms with Gasteiger partial charge >= 0.3 is 5.69 Å². The monoisotopic (exact) mass is 306 g/mol. The first-order valence-corrected chi connectivity index (χ1v) is 7.21. The van der Waals surface area contributed by atoms with Crippen LogP contribution in [0.5, 0.6) is 0 Å². The van der Waals surface area contributed by atoms with Crippen molar-refractivity contribution in [3.8, 4) is 0 Å². The molecule has 0 aliphatic carbocycles. The van der Waals surface area contributed by atoms with Crippen LogP contribution in [0.3, 0.4) is 0 Å². The van der Waals surface area contributed by atoms with Crippen LogP contribution in [0, 0.1) is 0 Å². The fourth-order valence-corrected chi connectivity index (χ4v) is 2.60. The zero-order valence-corrected chi connectivity index (χ0v) is 12.2. The number of nitrogens with zero attached hydrogens (tertiary/aromatic N) is 4. The number of hydrogen-bond donors (Lipinski definition) is 2. The number of aliphatic imine (C=N–C) groups is 1. The molecule has 1 aromatic carbocycles. The Kier molecular flexibility index (Phi) is 3.04. The van der Waals surface area contributed by atoms with E-state index in [4.69, 9.17) is 5.73 Å². The molecule has 7 nitrogen and oxygen atoms in total. The van der Waals surface area contributed by atoms with E-state index in [9.17, 15) is 4.79 Å². The third-order valence-corrected chi connectivity index (χ3v) is 3.76. The summed E-state index contributed by atoms with van der Waals surface area (Å²) in [6, 6.07) is 9.73. The Morgan fingerprint density at radius 2 is 2.04 bits per heavy atom. The van der Waals surface area contributed by atoms with E-state index in [1.807, 2.05) is 36.4 Å². The fraction of sp³-hybridized carbons (Fsp3) is 0.125. The predicted molar refractivity (Wildman–Crippen MR) is 89.4 cm³/mol. The van der Waals surface area contributed by atoms with Crippen molar-refractivity contribution in [3.05, 3.63) is 58.3 Å². The Bertz CT molecular complexity index is 997. The Balaban J connectivity index is 1.87. The van der Waals surface area contributed by atoms with Crippen LogP contribution >= 0.6 is 0 Å². The lowest BCUT2D eigenvalue weighted by atomic mass is 10.2. The van der Waals surface area contributed by atoms with Crippen LogP contribution < -0.4 is 11.4 Å². The molecule has 1 aliphatic heterocycles. The third kappa shape index (κ3) is 2.32. The molecule has 0 saturated carbocycles. The maximum atomic E-state index is 12.3. The Hall–Kier alpha value is -3.22. The molecule has 2 aromatic heterocycles. The molecule has 0 fully saturated rings. The second-order valence-corrected chi connectivity index (χ2v) is 5.31. The topological polar surface area (TPSA) is 102 Å². The molecule has 0 radical (unpaired) electrons. The summed E-state index contributed by atoms with van der Waals surface area (Å²) >= 11 is 0. The van der Waals surface area contributed by atoms with E-state index in [0.717, 1.165) is 11.1 Å². The molecule has 3 aromatic rings. The number of nitrogen functional groups attached to an aromatic ring is 1. The second kappa shape index (κ2) is 5.20. The summed E-state index contributed by atoms with van der Waals surface area (Å²) in [6.45, 7) is 0.948. The second-order valence-electron chi connectivity index (χ2n) is 5.31. The van der Waals surface area contributed by atoms with Gasteiger partial charge in [-0.15, -0.1) is 0 Å². The summed E-state index contributed by atoms with van der Waals surface area (Å²) in [6.07, 6.45) is 3.57. The molecule has 3 heterocycles. The van der Waals surface area contributed by atoms with Gasteiger partial charge in [0.15, 0.2) is 17.3 Å². The maximum Gasteiger partial charge on any atom is 0.328 e. The SMILES string of the molecule is Nc1nc(C2=CC=NC2)nc2c1[nH]c(=O)n2Cc1ccccc1. The van der Waals surface area contributed by atoms with Gasteiger partial charge in [0, 0.05) is 11.8 Å². The molecule has 3 N–H and O–H groups in total. The van der Waals surface area contributed by atoms with E-state index < -0.39 is 0 Å². The van der Waals surface area contributed by atoms with E-state index >= 15 is 0 Å². The zero-order chi connectivity index (χ0) is 15.8. The number of benzene rings is 1. The summed E-state index contributed by atoms with van der Waals surface area (Å²) in [4.78, 5) is 28.0. The normalized spacial score (nSPS) is 13.7. The van der Waals surface area contributed by atoms with Gasteiger partial charge in [-0.1, -0.05) is 30.3 Å². The highest BCUT2D eigenvalue weighted by molar-refractivity contribution is 5.90. The van der Waals surface area contributed by atoms with E-state index in [1.54, 1.807) is 10.8 Å². The Labute approximate surface area is 131 Å². The minimum atomic E-state index is -0.251. The van der Waals surface area contributed by atoms with E-state index in [0.29, 0.717) is 30.1 Å². The fourth-order valence-electron chi connectivity index (χ4n) is 2.60. The third-order valence-electron chi connectivity index (χ3n) is 3.76. The molecule has 4 rings (SSSR count). The number of rotatable bonds is 3. The molecule has 0 unspecified atom stereocenters. The lowest BCUT2D eigenvalue weighted by Gasteiger charge is -2.06. The first kappa shape index (κ1) is 13.4. The smallest absolute Gasteiger partial charge is 0.328 e. The average molecular weight is 306 g/mol. The molecule has 0 atom stereocenters. The highest BCUT2D eigenvalue weighted by Crippen LogP contribution is 2.20. The average Bonchev–Trinajstić information content (AvgIpc) is 3.19. The molecule has 0 bridgehead atoms. The molecule has 0 saturated heterocycles. The summed E-state index contributed by atoms with van der Waals surface area (Å²) in [7, 11) is 0. The largest absolute Gasteiger partial charge is 0.382 e. The summed E-state index contributed by atoms with van der Waals surface area (Å²) in [5.74, 6) is 0.773. The van der Waals surface area contributed by atoms with Crippen molar-refractivity contribution in [3.63, 3.8) is 0 Å². The molecule has 1 aliphatic rings. The van der Waals surface area contributed by atoms with Crippen LogP contribution in [0.1, 0.15) is 11.4 Å². The molecular formula is C16H14N6O. The number of nitrogens with two attached hydrogens (primary N) is 1. The molecule has 114 valence electrons. The minimum absolute atomic E-state index is 0.251. The number of nitrogens with one attached hydrogen (secondary N) is 1. The minimum Gasteiger partial charge on any atom is -0.382 e. The first-order chi connectivity index (χ1) is 11.2. The van der Waals surface area contributed by atoms with Crippen molar-refractivity contribution in [1.29, 1.82) is 0 Å². The van der Waals surface area contributed by atoms with Crippen LogP contribution in [-0.4, -0.2) is 32.3 Å². The number of hydrogen-bond acceptors (Lipinski definition) is 5. The number of allylic oxidation sites excluding steroid dienone is 1. The van der Waals surface area contributed by atoms with Gasteiger partial charge in [-0.2, -0.15) is 0 Å².